The molecule has 0 amide bonds. The van der Waals surface area contributed by atoms with Crippen molar-refractivity contribution in [3.8, 4) is 0 Å². The number of carbonyl (C=O) groups excluding carboxylic acids is 2. The molecule has 0 aliphatic carbocycles. The predicted octanol–water partition coefficient (Wildman–Crippen LogP) is 11.4. The Morgan fingerprint density at radius 1 is 0.522 bits per heavy atom. The Labute approximate surface area is 283 Å². The summed E-state index contributed by atoms with van der Waals surface area (Å²) in [6.45, 7) is 3.95. The van der Waals surface area contributed by atoms with Crippen LogP contribution in [0.2, 0.25) is 0 Å². The molecule has 0 aliphatic rings. The average molecular weight is 641 g/mol. The van der Waals surface area contributed by atoms with Gasteiger partial charge in [0.05, 0.1) is 6.61 Å². The lowest BCUT2D eigenvalue weighted by atomic mass is 10.1. The first-order valence-electron chi connectivity index (χ1n) is 18.5. The van der Waals surface area contributed by atoms with E-state index < -0.39 is 6.10 Å². The highest BCUT2D eigenvalue weighted by Crippen LogP contribution is 2.11. The van der Waals surface area contributed by atoms with Gasteiger partial charge in [0.1, 0.15) is 6.61 Å². The molecule has 0 fully saturated rings. The minimum atomic E-state index is -0.794. The molecule has 1 N–H and O–H groups in total. The highest BCUT2D eigenvalue weighted by molar-refractivity contribution is 5.70. The predicted molar refractivity (Wildman–Crippen MR) is 196 cm³/mol. The molecule has 5 nitrogen and oxygen atoms in total. The maximum Gasteiger partial charge on any atom is 0.306 e. The van der Waals surface area contributed by atoms with Gasteiger partial charge >= 0.3 is 11.9 Å². The number of ether oxygens (including phenoxy) is 2. The van der Waals surface area contributed by atoms with E-state index >= 15 is 0 Å². The van der Waals surface area contributed by atoms with Crippen LogP contribution in [0.1, 0.15) is 155 Å². The molecule has 262 valence electrons. The van der Waals surface area contributed by atoms with Crippen LogP contribution in [0.15, 0.2) is 72.9 Å². The summed E-state index contributed by atoms with van der Waals surface area (Å²) in [5.74, 6) is -0.646. The van der Waals surface area contributed by atoms with E-state index in [-0.39, 0.29) is 25.2 Å². The summed E-state index contributed by atoms with van der Waals surface area (Å²) in [5.41, 5.74) is 0. The third-order valence-corrected chi connectivity index (χ3v) is 7.48. The lowest BCUT2D eigenvalue weighted by Gasteiger charge is -2.15. The summed E-state index contributed by atoms with van der Waals surface area (Å²) in [4.78, 5) is 24.2. The van der Waals surface area contributed by atoms with Crippen LogP contribution in [-0.2, 0) is 19.1 Å². The zero-order chi connectivity index (χ0) is 33.6. The summed E-state index contributed by atoms with van der Waals surface area (Å²) in [7, 11) is 0. The van der Waals surface area contributed by atoms with Crippen molar-refractivity contribution in [1.82, 2.24) is 0 Å². The van der Waals surface area contributed by atoms with E-state index in [2.05, 4.69) is 86.8 Å². The second-order valence-corrected chi connectivity index (χ2v) is 11.9. The van der Waals surface area contributed by atoms with Crippen molar-refractivity contribution in [2.45, 2.75) is 161 Å². The first-order valence-corrected chi connectivity index (χ1v) is 18.5. The lowest BCUT2D eigenvalue weighted by molar-refractivity contribution is -0.161. The zero-order valence-corrected chi connectivity index (χ0v) is 29.6. The second kappa shape index (κ2) is 36.8. The molecule has 0 heterocycles. The number of hydrogen-bond donors (Lipinski definition) is 1. The molecular weight excluding hydrogens is 572 g/mol. The normalized spacial score (nSPS) is 13.0. The summed E-state index contributed by atoms with van der Waals surface area (Å²) in [6.07, 6.45) is 48.1. The van der Waals surface area contributed by atoms with Gasteiger partial charge in [0.25, 0.3) is 0 Å². The van der Waals surface area contributed by atoms with Crippen molar-refractivity contribution in [1.29, 1.82) is 0 Å². The molecule has 0 aromatic rings. The van der Waals surface area contributed by atoms with Crippen LogP contribution in [0.3, 0.4) is 0 Å². The Bertz CT molecular complexity index is 864. The van der Waals surface area contributed by atoms with E-state index in [1.165, 1.54) is 44.9 Å². The number of unbranched alkanes of at least 4 members (excludes halogenated alkanes) is 12. The smallest absolute Gasteiger partial charge is 0.306 e. The van der Waals surface area contributed by atoms with Crippen LogP contribution in [0.25, 0.3) is 0 Å². The fraction of sp³-hybridized carbons (Fsp3) is 0.659. The first-order chi connectivity index (χ1) is 22.6. The Morgan fingerprint density at radius 2 is 0.935 bits per heavy atom. The van der Waals surface area contributed by atoms with Crippen LogP contribution in [0.5, 0.6) is 0 Å². The highest BCUT2D eigenvalue weighted by atomic mass is 16.6. The van der Waals surface area contributed by atoms with Gasteiger partial charge in [-0.2, -0.15) is 0 Å². The lowest BCUT2D eigenvalue weighted by Crippen LogP contribution is -2.28. The van der Waals surface area contributed by atoms with Crippen LogP contribution >= 0.6 is 0 Å². The van der Waals surface area contributed by atoms with Crippen molar-refractivity contribution in [3.05, 3.63) is 72.9 Å². The standard InChI is InChI=1S/C41H68O5/c1-3-5-7-9-11-13-15-17-18-19-20-21-22-24-26-28-30-32-34-36-41(44)46-39(37-42)38-45-40(43)35-33-31-29-27-25-23-16-14-12-10-8-6-4-2/h5,7,11,13-14,16-18,20-21,24,26,39,42H,3-4,6,8-10,12,15,19,22-23,25,27-38H2,1-2H3/t39-/m0/s1. The van der Waals surface area contributed by atoms with Crippen molar-refractivity contribution in [2.24, 2.45) is 0 Å². The summed E-state index contributed by atoms with van der Waals surface area (Å²) in [5, 5.41) is 9.53. The minimum Gasteiger partial charge on any atom is -0.462 e. The molecule has 0 aromatic carbocycles. The molecule has 0 saturated carbocycles. The van der Waals surface area contributed by atoms with Crippen molar-refractivity contribution in [3.63, 3.8) is 0 Å². The molecule has 0 spiro atoms. The fourth-order valence-electron chi connectivity index (χ4n) is 4.69. The van der Waals surface area contributed by atoms with Gasteiger partial charge in [-0.25, -0.2) is 0 Å². The zero-order valence-electron chi connectivity index (χ0n) is 29.6. The van der Waals surface area contributed by atoms with Gasteiger partial charge in [0, 0.05) is 12.8 Å². The van der Waals surface area contributed by atoms with Crippen molar-refractivity contribution in [2.75, 3.05) is 13.2 Å². The third-order valence-electron chi connectivity index (χ3n) is 7.48. The van der Waals surface area contributed by atoms with Gasteiger partial charge in [-0.3, -0.25) is 9.59 Å². The Balaban J connectivity index is 3.69. The maximum absolute atomic E-state index is 12.1. The van der Waals surface area contributed by atoms with E-state index in [0.717, 1.165) is 83.5 Å². The molecule has 5 heteroatoms. The SMILES string of the molecule is CCC=CCC=CCC=CCC=CCC=CCCCCCC(=O)O[C@@H](CO)COC(=O)CCCCCCCC=CCCCCCC. The number of rotatable bonds is 32. The first kappa shape index (κ1) is 43.3. The number of carbonyl (C=O) groups is 2. The minimum absolute atomic E-state index is 0.0874. The number of hydrogen-bond acceptors (Lipinski definition) is 5. The average Bonchev–Trinajstić information content (AvgIpc) is 3.06. The van der Waals surface area contributed by atoms with E-state index in [1.807, 2.05) is 0 Å². The summed E-state index contributed by atoms with van der Waals surface area (Å²) < 4.78 is 10.5. The number of aliphatic hydroxyl groups is 1. The summed E-state index contributed by atoms with van der Waals surface area (Å²) >= 11 is 0. The molecule has 0 unspecified atom stereocenters. The van der Waals surface area contributed by atoms with Gasteiger partial charge in [-0.05, 0) is 83.5 Å². The third kappa shape index (κ3) is 34.2. The van der Waals surface area contributed by atoms with E-state index in [9.17, 15) is 14.7 Å². The van der Waals surface area contributed by atoms with Gasteiger partial charge in [0.15, 0.2) is 6.10 Å². The monoisotopic (exact) mass is 641 g/mol. The molecule has 1 atom stereocenters. The highest BCUT2D eigenvalue weighted by Gasteiger charge is 2.16. The molecule has 0 aliphatic heterocycles. The number of allylic oxidation sites excluding steroid dienone is 12. The van der Waals surface area contributed by atoms with E-state index in [1.54, 1.807) is 0 Å². The topological polar surface area (TPSA) is 72.8 Å². The van der Waals surface area contributed by atoms with Crippen molar-refractivity contribution < 1.29 is 24.2 Å². The van der Waals surface area contributed by atoms with Gasteiger partial charge in [-0.15, -0.1) is 0 Å². The Kier molecular flexibility index (Phi) is 34.7. The maximum atomic E-state index is 12.1. The Hall–Kier alpha value is -2.66. The quantitative estimate of drug-likeness (QED) is 0.0450. The summed E-state index contributed by atoms with van der Waals surface area (Å²) in [6, 6.07) is 0. The molecule has 0 saturated heterocycles. The molecule has 0 aromatic heterocycles. The van der Waals surface area contributed by atoms with Gasteiger partial charge in [0.2, 0.25) is 0 Å². The molecule has 0 bridgehead atoms. The van der Waals surface area contributed by atoms with E-state index in [0.29, 0.717) is 12.8 Å². The largest absolute Gasteiger partial charge is 0.462 e. The molecule has 0 radical (unpaired) electrons. The molecule has 0 rings (SSSR count). The van der Waals surface area contributed by atoms with Crippen LogP contribution in [0.4, 0.5) is 0 Å². The van der Waals surface area contributed by atoms with Gasteiger partial charge < -0.3 is 14.6 Å². The number of esters is 2. The van der Waals surface area contributed by atoms with Crippen LogP contribution < -0.4 is 0 Å². The van der Waals surface area contributed by atoms with Gasteiger partial charge in [-0.1, -0.05) is 132 Å². The molecule has 46 heavy (non-hydrogen) atoms. The van der Waals surface area contributed by atoms with Crippen LogP contribution in [-0.4, -0.2) is 36.4 Å². The second-order valence-electron chi connectivity index (χ2n) is 11.9. The van der Waals surface area contributed by atoms with E-state index in [4.69, 9.17) is 9.47 Å². The molecular formula is C41H68O5. The Morgan fingerprint density at radius 3 is 1.46 bits per heavy atom. The fourth-order valence-corrected chi connectivity index (χ4v) is 4.69. The number of aliphatic hydroxyl groups excluding tert-OH is 1. The van der Waals surface area contributed by atoms with Crippen molar-refractivity contribution >= 4 is 11.9 Å². The van der Waals surface area contributed by atoms with Crippen LogP contribution in [0, 0.1) is 0 Å².